The summed E-state index contributed by atoms with van der Waals surface area (Å²) in [6, 6.07) is 14.0. The van der Waals surface area contributed by atoms with E-state index in [1.54, 1.807) is 14.2 Å². The Balaban J connectivity index is 1.44. The minimum atomic E-state index is -0.322. The zero-order valence-electron chi connectivity index (χ0n) is 18.1. The first kappa shape index (κ1) is 22.1. The Hall–Kier alpha value is -2.61. The van der Waals surface area contributed by atoms with Gasteiger partial charge in [0.2, 0.25) is 5.91 Å². The van der Waals surface area contributed by atoms with Crippen LogP contribution < -0.4 is 31.0 Å². The number of hydrogen-bond acceptors (Lipinski definition) is 6. The molecule has 0 saturated carbocycles. The third-order valence-corrected chi connectivity index (χ3v) is 5.30. The monoisotopic (exact) mass is 412 g/mol. The summed E-state index contributed by atoms with van der Waals surface area (Å²) in [6.07, 6.45) is 1.10. The molecule has 3 rings (SSSR count). The van der Waals surface area contributed by atoms with Gasteiger partial charge in [0, 0.05) is 6.54 Å². The molecule has 2 atom stereocenters. The zero-order chi connectivity index (χ0) is 21.5. The van der Waals surface area contributed by atoms with Crippen LogP contribution in [0.1, 0.15) is 36.5 Å². The Morgan fingerprint density at radius 2 is 1.67 bits per heavy atom. The second kappa shape index (κ2) is 10.4. The maximum atomic E-state index is 12.5. The largest absolute Gasteiger partial charge is 0.493 e. The summed E-state index contributed by atoms with van der Waals surface area (Å²) in [5, 5.41) is 6.27. The predicted octanol–water partition coefficient (Wildman–Crippen LogP) is 2.08. The van der Waals surface area contributed by atoms with Crippen molar-refractivity contribution < 1.29 is 14.3 Å². The maximum absolute atomic E-state index is 12.5. The standard InChI is InChI=1S/C23H32N4O3/c1-15(2)18-8-5-16(6-9-18)13-19-22(28)25-23(27-26-19)24-12-11-17-7-10-20(29-3)21(14-17)30-4/h5-10,14-15,19,23-24,26-27H,11-13H2,1-4H3,(H,25,28). The highest BCUT2D eigenvalue weighted by molar-refractivity contribution is 5.82. The van der Waals surface area contributed by atoms with E-state index in [2.05, 4.69) is 59.6 Å². The molecular formula is C23H32N4O3. The van der Waals surface area contributed by atoms with Crippen LogP contribution in [-0.4, -0.2) is 39.0 Å². The Kier molecular flexibility index (Phi) is 7.68. The van der Waals surface area contributed by atoms with E-state index < -0.39 is 0 Å². The van der Waals surface area contributed by atoms with Crippen LogP contribution in [-0.2, 0) is 17.6 Å². The van der Waals surface area contributed by atoms with Gasteiger partial charge in [0.25, 0.3) is 0 Å². The van der Waals surface area contributed by atoms with Gasteiger partial charge in [0.1, 0.15) is 12.3 Å². The Bertz CT molecular complexity index is 839. The molecule has 4 N–H and O–H groups in total. The third-order valence-electron chi connectivity index (χ3n) is 5.30. The van der Waals surface area contributed by atoms with Gasteiger partial charge in [-0.05, 0) is 47.6 Å². The Labute approximate surface area is 178 Å². The first-order valence-corrected chi connectivity index (χ1v) is 10.3. The van der Waals surface area contributed by atoms with Crippen LogP contribution in [0.2, 0.25) is 0 Å². The van der Waals surface area contributed by atoms with Crippen LogP contribution in [0.15, 0.2) is 42.5 Å². The van der Waals surface area contributed by atoms with E-state index in [0.29, 0.717) is 30.4 Å². The van der Waals surface area contributed by atoms with Gasteiger partial charge in [0.05, 0.1) is 14.2 Å². The molecule has 1 fully saturated rings. The van der Waals surface area contributed by atoms with Crippen molar-refractivity contribution in [3.63, 3.8) is 0 Å². The summed E-state index contributed by atoms with van der Waals surface area (Å²) >= 11 is 0. The van der Waals surface area contributed by atoms with E-state index in [0.717, 1.165) is 17.5 Å². The summed E-state index contributed by atoms with van der Waals surface area (Å²) in [6.45, 7) is 5.04. The van der Waals surface area contributed by atoms with Crippen molar-refractivity contribution in [3.05, 3.63) is 59.2 Å². The number of carbonyl (C=O) groups excluding carboxylic acids is 1. The fraction of sp³-hybridized carbons (Fsp3) is 0.435. The first-order chi connectivity index (χ1) is 14.5. The first-order valence-electron chi connectivity index (χ1n) is 10.3. The van der Waals surface area contributed by atoms with Crippen molar-refractivity contribution in [3.8, 4) is 11.5 Å². The molecule has 0 bridgehead atoms. The predicted molar refractivity (Wildman–Crippen MR) is 117 cm³/mol. The average molecular weight is 413 g/mol. The second-order valence-electron chi connectivity index (χ2n) is 7.78. The van der Waals surface area contributed by atoms with E-state index in [-0.39, 0.29) is 18.2 Å². The highest BCUT2D eigenvalue weighted by atomic mass is 16.5. The van der Waals surface area contributed by atoms with E-state index >= 15 is 0 Å². The van der Waals surface area contributed by atoms with Crippen molar-refractivity contribution in [2.45, 2.75) is 44.9 Å². The lowest BCUT2D eigenvalue weighted by Crippen LogP contribution is -2.70. The van der Waals surface area contributed by atoms with Gasteiger partial charge in [0.15, 0.2) is 11.5 Å². The molecule has 2 aromatic rings. The number of nitrogens with one attached hydrogen (secondary N) is 4. The molecule has 2 unspecified atom stereocenters. The number of hydrazine groups is 1. The van der Waals surface area contributed by atoms with Crippen LogP contribution in [0, 0.1) is 0 Å². The number of hydrogen-bond donors (Lipinski definition) is 4. The summed E-state index contributed by atoms with van der Waals surface area (Å²) < 4.78 is 10.6. The molecule has 1 saturated heterocycles. The van der Waals surface area contributed by atoms with E-state index in [4.69, 9.17) is 9.47 Å². The van der Waals surface area contributed by atoms with Crippen LogP contribution in [0.4, 0.5) is 0 Å². The summed E-state index contributed by atoms with van der Waals surface area (Å²) in [5.74, 6) is 1.91. The lowest BCUT2D eigenvalue weighted by atomic mass is 9.99. The number of methoxy groups -OCH3 is 2. The van der Waals surface area contributed by atoms with Gasteiger partial charge in [-0.2, -0.15) is 0 Å². The number of amides is 1. The summed E-state index contributed by atoms with van der Waals surface area (Å²) in [5.41, 5.74) is 9.82. The van der Waals surface area contributed by atoms with Gasteiger partial charge in [-0.25, -0.2) is 10.9 Å². The minimum Gasteiger partial charge on any atom is -0.493 e. The Morgan fingerprint density at radius 3 is 2.30 bits per heavy atom. The smallest absolute Gasteiger partial charge is 0.241 e. The van der Waals surface area contributed by atoms with Crippen molar-refractivity contribution in [1.82, 2.24) is 21.5 Å². The molecule has 1 aliphatic rings. The molecule has 7 nitrogen and oxygen atoms in total. The highest BCUT2D eigenvalue weighted by Crippen LogP contribution is 2.27. The minimum absolute atomic E-state index is 0.0229. The SMILES string of the molecule is COc1ccc(CCNC2NNC(Cc3ccc(C(C)C)cc3)C(=O)N2)cc1OC. The van der Waals surface area contributed by atoms with Gasteiger partial charge in [-0.3, -0.25) is 10.1 Å². The molecule has 2 aromatic carbocycles. The average Bonchev–Trinajstić information content (AvgIpc) is 2.75. The fourth-order valence-electron chi connectivity index (χ4n) is 3.45. The third kappa shape index (κ3) is 5.72. The second-order valence-corrected chi connectivity index (χ2v) is 7.78. The molecular weight excluding hydrogens is 380 g/mol. The van der Waals surface area contributed by atoms with E-state index in [1.165, 1.54) is 5.56 Å². The van der Waals surface area contributed by atoms with Crippen molar-refractivity contribution in [1.29, 1.82) is 0 Å². The summed E-state index contributed by atoms with van der Waals surface area (Å²) in [4.78, 5) is 12.5. The molecule has 0 aromatic heterocycles. The lowest BCUT2D eigenvalue weighted by Gasteiger charge is -2.32. The van der Waals surface area contributed by atoms with E-state index in [9.17, 15) is 4.79 Å². The van der Waals surface area contributed by atoms with E-state index in [1.807, 2.05) is 18.2 Å². The molecule has 7 heteroatoms. The van der Waals surface area contributed by atoms with Crippen molar-refractivity contribution in [2.75, 3.05) is 20.8 Å². The molecule has 0 aliphatic carbocycles. The zero-order valence-corrected chi connectivity index (χ0v) is 18.1. The molecule has 0 radical (unpaired) electrons. The fourth-order valence-corrected chi connectivity index (χ4v) is 3.45. The van der Waals surface area contributed by atoms with Gasteiger partial charge in [-0.1, -0.05) is 44.2 Å². The number of rotatable bonds is 9. The van der Waals surface area contributed by atoms with Crippen LogP contribution >= 0.6 is 0 Å². The lowest BCUT2D eigenvalue weighted by molar-refractivity contribution is -0.127. The molecule has 1 aliphatic heterocycles. The molecule has 1 amide bonds. The van der Waals surface area contributed by atoms with Crippen LogP contribution in [0.25, 0.3) is 0 Å². The van der Waals surface area contributed by atoms with Crippen LogP contribution in [0.3, 0.4) is 0 Å². The van der Waals surface area contributed by atoms with Gasteiger partial charge < -0.3 is 14.8 Å². The van der Waals surface area contributed by atoms with Crippen LogP contribution in [0.5, 0.6) is 11.5 Å². The normalized spacial score (nSPS) is 18.9. The quantitative estimate of drug-likeness (QED) is 0.505. The van der Waals surface area contributed by atoms with Gasteiger partial charge >= 0.3 is 0 Å². The maximum Gasteiger partial charge on any atom is 0.241 e. The topological polar surface area (TPSA) is 83.7 Å². The van der Waals surface area contributed by atoms with Crippen molar-refractivity contribution >= 4 is 5.91 Å². The highest BCUT2D eigenvalue weighted by Gasteiger charge is 2.26. The molecule has 162 valence electrons. The Morgan fingerprint density at radius 1 is 0.967 bits per heavy atom. The molecule has 0 spiro atoms. The van der Waals surface area contributed by atoms with Crippen molar-refractivity contribution in [2.24, 2.45) is 0 Å². The number of benzene rings is 2. The summed E-state index contributed by atoms with van der Waals surface area (Å²) in [7, 11) is 3.25. The molecule has 1 heterocycles. The molecule has 30 heavy (non-hydrogen) atoms. The number of ether oxygens (including phenoxy) is 2. The number of carbonyl (C=O) groups is 1. The van der Waals surface area contributed by atoms with Gasteiger partial charge in [-0.15, -0.1) is 0 Å².